The number of hydrogen-bond acceptors (Lipinski definition) is 6. The minimum absolute atomic E-state index is 0. The normalized spacial score (nSPS) is 14.6. The molecular formula is C28H40ClNO5. The van der Waals surface area contributed by atoms with Crippen molar-refractivity contribution in [1.29, 1.82) is 0 Å². The SMILES string of the molecule is CCCOc1ccc2c(c1)CCC(N(CC)CCCCOC(=O)c1ccc(OC)c(OC)c1)C2.Cl. The number of halogens is 1. The summed E-state index contributed by atoms with van der Waals surface area (Å²) in [5.41, 5.74) is 3.35. The predicted molar refractivity (Wildman–Crippen MR) is 142 cm³/mol. The molecule has 0 spiro atoms. The van der Waals surface area contributed by atoms with E-state index in [4.69, 9.17) is 18.9 Å². The van der Waals surface area contributed by atoms with Crippen LogP contribution in [0.1, 0.15) is 61.0 Å². The zero-order valence-corrected chi connectivity index (χ0v) is 22.3. The lowest BCUT2D eigenvalue weighted by molar-refractivity contribution is 0.0492. The van der Waals surface area contributed by atoms with E-state index in [2.05, 4.69) is 36.9 Å². The van der Waals surface area contributed by atoms with Gasteiger partial charge >= 0.3 is 5.97 Å². The van der Waals surface area contributed by atoms with Crippen molar-refractivity contribution in [3.8, 4) is 17.2 Å². The van der Waals surface area contributed by atoms with E-state index in [1.165, 1.54) is 17.5 Å². The average molecular weight is 506 g/mol. The average Bonchev–Trinajstić information content (AvgIpc) is 2.88. The molecule has 7 heteroatoms. The molecule has 0 heterocycles. The van der Waals surface area contributed by atoms with E-state index < -0.39 is 0 Å². The van der Waals surface area contributed by atoms with E-state index in [-0.39, 0.29) is 18.4 Å². The van der Waals surface area contributed by atoms with E-state index in [0.717, 1.165) is 57.6 Å². The van der Waals surface area contributed by atoms with Gasteiger partial charge in [-0.25, -0.2) is 4.79 Å². The quantitative estimate of drug-likeness (QED) is 0.256. The second-order valence-electron chi connectivity index (χ2n) is 8.72. The van der Waals surface area contributed by atoms with Crippen LogP contribution in [0.2, 0.25) is 0 Å². The first-order valence-corrected chi connectivity index (χ1v) is 12.5. The van der Waals surface area contributed by atoms with Crippen LogP contribution in [0.5, 0.6) is 17.2 Å². The van der Waals surface area contributed by atoms with Crippen LogP contribution >= 0.6 is 12.4 Å². The number of fused-ring (bicyclic) bond motifs is 1. The fourth-order valence-corrected chi connectivity index (χ4v) is 4.56. The molecular weight excluding hydrogens is 466 g/mol. The number of unbranched alkanes of at least 4 members (excludes halogenated alkanes) is 1. The van der Waals surface area contributed by atoms with Gasteiger partial charge in [-0.3, -0.25) is 0 Å². The minimum atomic E-state index is -0.334. The molecule has 1 aliphatic rings. The van der Waals surface area contributed by atoms with Gasteiger partial charge in [0.1, 0.15) is 5.75 Å². The molecule has 2 aromatic rings. The molecule has 194 valence electrons. The molecule has 0 saturated heterocycles. The third kappa shape index (κ3) is 8.04. The second-order valence-corrected chi connectivity index (χ2v) is 8.72. The van der Waals surface area contributed by atoms with Crippen molar-refractivity contribution in [1.82, 2.24) is 4.90 Å². The number of ether oxygens (including phenoxy) is 4. The van der Waals surface area contributed by atoms with Gasteiger partial charge in [0.05, 0.1) is 33.0 Å². The van der Waals surface area contributed by atoms with Gasteiger partial charge in [-0.2, -0.15) is 0 Å². The zero-order chi connectivity index (χ0) is 24.3. The highest BCUT2D eigenvalue weighted by Gasteiger charge is 2.23. The molecule has 0 radical (unpaired) electrons. The van der Waals surface area contributed by atoms with Crippen molar-refractivity contribution >= 4 is 18.4 Å². The molecule has 0 saturated carbocycles. The Hall–Kier alpha value is -2.44. The topological polar surface area (TPSA) is 57.2 Å². The lowest BCUT2D eigenvalue weighted by Gasteiger charge is -2.34. The number of rotatable bonds is 13. The van der Waals surface area contributed by atoms with Gasteiger partial charge in [-0.05, 0) is 93.1 Å². The monoisotopic (exact) mass is 505 g/mol. The van der Waals surface area contributed by atoms with Crippen LogP contribution < -0.4 is 14.2 Å². The van der Waals surface area contributed by atoms with Crippen molar-refractivity contribution in [2.45, 2.75) is 58.4 Å². The number of carbonyl (C=O) groups excluding carboxylic acids is 1. The van der Waals surface area contributed by atoms with Crippen LogP contribution in [0.25, 0.3) is 0 Å². The molecule has 2 aromatic carbocycles. The van der Waals surface area contributed by atoms with Crippen LogP contribution in [-0.2, 0) is 17.6 Å². The molecule has 0 aliphatic heterocycles. The van der Waals surface area contributed by atoms with Crippen LogP contribution in [0.4, 0.5) is 0 Å². The van der Waals surface area contributed by atoms with Crippen molar-refractivity contribution in [3.05, 3.63) is 53.1 Å². The minimum Gasteiger partial charge on any atom is -0.494 e. The molecule has 35 heavy (non-hydrogen) atoms. The Morgan fingerprint density at radius 3 is 2.49 bits per heavy atom. The zero-order valence-electron chi connectivity index (χ0n) is 21.5. The fraction of sp³-hybridized carbons (Fsp3) is 0.536. The number of aryl methyl sites for hydroxylation is 1. The number of esters is 1. The van der Waals surface area contributed by atoms with Gasteiger partial charge in [0.25, 0.3) is 0 Å². The van der Waals surface area contributed by atoms with Gasteiger partial charge in [0.15, 0.2) is 11.5 Å². The molecule has 0 fully saturated rings. The smallest absolute Gasteiger partial charge is 0.338 e. The third-order valence-electron chi connectivity index (χ3n) is 6.47. The van der Waals surface area contributed by atoms with Crippen LogP contribution in [0, 0.1) is 0 Å². The number of benzene rings is 2. The molecule has 1 aliphatic carbocycles. The Morgan fingerprint density at radius 2 is 1.77 bits per heavy atom. The maximum absolute atomic E-state index is 12.4. The molecule has 1 unspecified atom stereocenters. The highest BCUT2D eigenvalue weighted by atomic mass is 35.5. The number of carbonyl (C=O) groups is 1. The summed E-state index contributed by atoms with van der Waals surface area (Å²) in [6.07, 6.45) is 6.23. The summed E-state index contributed by atoms with van der Waals surface area (Å²) in [7, 11) is 3.12. The number of hydrogen-bond donors (Lipinski definition) is 0. The Morgan fingerprint density at radius 1 is 0.971 bits per heavy atom. The van der Waals surface area contributed by atoms with E-state index >= 15 is 0 Å². The van der Waals surface area contributed by atoms with Gasteiger partial charge in [-0.15, -0.1) is 12.4 Å². The van der Waals surface area contributed by atoms with Crippen LogP contribution in [0.3, 0.4) is 0 Å². The Bertz CT molecular complexity index is 936. The lowest BCUT2D eigenvalue weighted by Crippen LogP contribution is -2.39. The van der Waals surface area contributed by atoms with Gasteiger partial charge < -0.3 is 23.8 Å². The number of methoxy groups -OCH3 is 2. The van der Waals surface area contributed by atoms with E-state index in [1.807, 2.05) is 0 Å². The highest BCUT2D eigenvalue weighted by Crippen LogP contribution is 2.29. The summed E-state index contributed by atoms with van der Waals surface area (Å²) >= 11 is 0. The molecule has 0 N–H and O–H groups in total. The predicted octanol–water partition coefficient (Wildman–Crippen LogP) is 5.73. The van der Waals surface area contributed by atoms with Crippen molar-refractivity contribution in [2.24, 2.45) is 0 Å². The summed E-state index contributed by atoms with van der Waals surface area (Å²) < 4.78 is 21.8. The van der Waals surface area contributed by atoms with Crippen molar-refractivity contribution in [2.75, 3.05) is 40.5 Å². The van der Waals surface area contributed by atoms with Crippen molar-refractivity contribution < 1.29 is 23.7 Å². The fourth-order valence-electron chi connectivity index (χ4n) is 4.56. The Balaban J connectivity index is 0.00000432. The van der Waals surface area contributed by atoms with E-state index in [0.29, 0.717) is 29.7 Å². The number of nitrogens with zero attached hydrogens (tertiary/aromatic N) is 1. The molecule has 0 amide bonds. The summed E-state index contributed by atoms with van der Waals surface area (Å²) in [6.45, 7) is 7.59. The molecule has 6 nitrogen and oxygen atoms in total. The molecule has 0 bridgehead atoms. The maximum atomic E-state index is 12.4. The summed E-state index contributed by atoms with van der Waals surface area (Å²) in [4.78, 5) is 14.9. The molecule has 3 rings (SSSR count). The Labute approximate surface area is 216 Å². The highest BCUT2D eigenvalue weighted by molar-refractivity contribution is 5.90. The first kappa shape index (κ1) is 28.8. The molecule has 1 atom stereocenters. The van der Waals surface area contributed by atoms with E-state index in [9.17, 15) is 4.79 Å². The first-order valence-electron chi connectivity index (χ1n) is 12.5. The van der Waals surface area contributed by atoms with Crippen LogP contribution in [-0.4, -0.2) is 57.4 Å². The van der Waals surface area contributed by atoms with Gasteiger partial charge in [0, 0.05) is 6.04 Å². The third-order valence-corrected chi connectivity index (χ3v) is 6.47. The second kappa shape index (κ2) is 14.8. The van der Waals surface area contributed by atoms with Gasteiger partial charge in [-0.1, -0.05) is 19.9 Å². The number of likely N-dealkylation sites (N-methyl/N-ethyl adjacent to an activating group) is 1. The van der Waals surface area contributed by atoms with Crippen LogP contribution in [0.15, 0.2) is 36.4 Å². The first-order chi connectivity index (χ1) is 16.6. The Kier molecular flexibility index (Phi) is 12.2. The van der Waals surface area contributed by atoms with E-state index in [1.54, 1.807) is 32.4 Å². The summed E-state index contributed by atoms with van der Waals surface area (Å²) in [5, 5.41) is 0. The summed E-state index contributed by atoms with van der Waals surface area (Å²) in [6, 6.07) is 12.2. The standard InChI is InChI=1S/C28H39NO5.ClH/c1-5-16-33-25-13-10-21-18-24(12-9-22(21)19-25)29(6-2)15-7-8-17-34-28(30)23-11-14-26(31-3)27(20-23)32-4;/h10-11,13-14,19-20,24H,5-9,12,15-18H2,1-4H3;1H. The summed E-state index contributed by atoms with van der Waals surface area (Å²) in [5.74, 6) is 1.78. The maximum Gasteiger partial charge on any atom is 0.338 e. The molecule has 0 aromatic heterocycles. The van der Waals surface area contributed by atoms with Gasteiger partial charge in [0.2, 0.25) is 0 Å². The largest absolute Gasteiger partial charge is 0.494 e. The lowest BCUT2D eigenvalue weighted by atomic mass is 9.87. The van der Waals surface area contributed by atoms with Crippen molar-refractivity contribution in [3.63, 3.8) is 0 Å².